The number of carbonyl (C=O) groups is 2. The summed E-state index contributed by atoms with van der Waals surface area (Å²) in [5.41, 5.74) is 0. The molecule has 402 valence electrons. The molecule has 1 heterocycles. The van der Waals surface area contributed by atoms with E-state index in [2.05, 4.69) is 68.6 Å². The first-order valence-corrected chi connectivity index (χ1v) is 27.4. The largest absolute Gasteiger partial charge is 0.454 e. The normalized spacial score (nSPS) is 20.6. The molecule has 71 heavy (non-hydrogen) atoms. The molecule has 0 spiro atoms. The molecule has 8 unspecified atom stereocenters. The smallest absolute Gasteiger partial charge is 0.306 e. The van der Waals surface area contributed by atoms with Crippen LogP contribution in [-0.4, -0.2) is 99.6 Å². The molecule has 0 saturated carbocycles. The lowest BCUT2D eigenvalue weighted by Crippen LogP contribution is -2.61. The molecule has 0 aliphatic carbocycles. The van der Waals surface area contributed by atoms with Crippen molar-refractivity contribution in [1.29, 1.82) is 0 Å². The summed E-state index contributed by atoms with van der Waals surface area (Å²) >= 11 is 0. The van der Waals surface area contributed by atoms with Gasteiger partial charge in [0.15, 0.2) is 12.4 Å². The molecular weight excluding hydrogens is 895 g/mol. The molecule has 0 radical (unpaired) electrons. The van der Waals surface area contributed by atoms with Crippen LogP contribution < -0.4 is 5.32 Å². The van der Waals surface area contributed by atoms with Gasteiger partial charge in [-0.25, -0.2) is 0 Å². The van der Waals surface area contributed by atoms with Gasteiger partial charge in [-0.15, -0.1) is 0 Å². The van der Waals surface area contributed by atoms with Gasteiger partial charge >= 0.3 is 5.97 Å². The number of aliphatic hydroxyl groups is 5. The number of carbonyl (C=O) groups excluding carboxylic acids is 2. The molecule has 1 rings (SSSR count). The van der Waals surface area contributed by atoms with Crippen LogP contribution in [0.3, 0.4) is 0 Å². The van der Waals surface area contributed by atoms with Gasteiger partial charge in [-0.05, 0) is 83.5 Å². The van der Waals surface area contributed by atoms with Gasteiger partial charge in [0.05, 0.1) is 25.4 Å². The van der Waals surface area contributed by atoms with Crippen molar-refractivity contribution >= 4 is 11.9 Å². The highest BCUT2D eigenvalue weighted by molar-refractivity contribution is 5.80. The average Bonchev–Trinajstić information content (AvgIpc) is 3.37. The van der Waals surface area contributed by atoms with E-state index in [4.69, 9.17) is 14.2 Å². The summed E-state index contributed by atoms with van der Waals surface area (Å²) in [4.78, 5) is 26.4. The standard InChI is InChI=1S/C60H97NO10/c1-4-7-10-13-16-19-22-24-26-27-28-30-33-36-39-42-45-48-55(65)71-58-57(67)56(66)54(49-62)70-60(58)69-50-51(52(63)46-43-40-37-34-31-21-18-15-12-9-6-3)61-59(68)53(64)47-44-41-38-35-32-29-25-23-20-17-14-11-8-5-2/h8,11,14,16-17,19-20,23-26,28-30,32,35-36,39,43,46,51-54,56-58,60,62-64,66-67H,4-7,9-10,12-13,15,18,21-22,27,31,33-34,37-38,40-42,44-45,47-50H2,1-3H3,(H,61,68)/b11-8+,17-14+,19-16-,23-20-,26-24-,29-25-,30-28-,35-32+,39-36-,46-43+. The molecule has 0 aromatic heterocycles. The SMILES string of the molecule is CC/C=C/C=C/C=C\C=C/C=C/CCCCC(O)C(=O)NC(COC1OC(CO)C(O)C(O)C1OC(=O)CCC/C=C\C/C=C\C/C=C\C/C=C\CCCCC)C(O)/C=C/CCCCCCCCCCC. The predicted octanol–water partition coefficient (Wildman–Crippen LogP) is 11.9. The first-order valence-electron chi connectivity index (χ1n) is 27.4. The second kappa shape index (κ2) is 47.1. The Morgan fingerprint density at radius 2 is 1.07 bits per heavy atom. The van der Waals surface area contributed by atoms with Crippen molar-refractivity contribution < 1.29 is 49.3 Å². The zero-order valence-corrected chi connectivity index (χ0v) is 44.0. The maximum absolute atomic E-state index is 13.3. The van der Waals surface area contributed by atoms with Gasteiger partial charge in [0, 0.05) is 6.42 Å². The second-order valence-electron chi connectivity index (χ2n) is 18.3. The van der Waals surface area contributed by atoms with Crippen LogP contribution in [0.1, 0.15) is 181 Å². The average molecular weight is 992 g/mol. The van der Waals surface area contributed by atoms with Gasteiger partial charge in [0.2, 0.25) is 5.91 Å². The highest BCUT2D eigenvalue weighted by Gasteiger charge is 2.47. The van der Waals surface area contributed by atoms with E-state index < -0.39 is 67.4 Å². The monoisotopic (exact) mass is 992 g/mol. The van der Waals surface area contributed by atoms with Crippen molar-refractivity contribution in [2.24, 2.45) is 0 Å². The summed E-state index contributed by atoms with van der Waals surface area (Å²) in [5, 5.41) is 56.6. The highest BCUT2D eigenvalue weighted by Crippen LogP contribution is 2.26. The van der Waals surface area contributed by atoms with Crippen LogP contribution in [0.15, 0.2) is 122 Å². The Labute approximate surface area is 430 Å². The zero-order chi connectivity index (χ0) is 51.8. The van der Waals surface area contributed by atoms with Gasteiger partial charge in [-0.1, -0.05) is 213 Å². The van der Waals surface area contributed by atoms with Crippen molar-refractivity contribution in [3.63, 3.8) is 0 Å². The van der Waals surface area contributed by atoms with Crippen LogP contribution in [0.5, 0.6) is 0 Å². The van der Waals surface area contributed by atoms with Crippen molar-refractivity contribution in [2.75, 3.05) is 13.2 Å². The van der Waals surface area contributed by atoms with Crippen molar-refractivity contribution in [1.82, 2.24) is 5.32 Å². The first kappa shape index (κ1) is 65.1. The lowest BCUT2D eigenvalue weighted by atomic mass is 9.99. The molecule has 0 bridgehead atoms. The number of unbranched alkanes of at least 4 members (excludes halogenated alkanes) is 15. The number of allylic oxidation sites excluding steroid dienone is 19. The maximum Gasteiger partial charge on any atom is 0.306 e. The van der Waals surface area contributed by atoms with Gasteiger partial charge in [0.1, 0.15) is 24.4 Å². The van der Waals surface area contributed by atoms with Crippen LogP contribution >= 0.6 is 0 Å². The minimum absolute atomic E-state index is 0.0348. The van der Waals surface area contributed by atoms with Crippen molar-refractivity contribution in [2.45, 2.75) is 230 Å². The number of esters is 1. The number of hydrogen-bond acceptors (Lipinski definition) is 10. The lowest BCUT2D eigenvalue weighted by Gasteiger charge is -2.41. The van der Waals surface area contributed by atoms with E-state index in [-0.39, 0.29) is 19.4 Å². The molecular formula is C60H97NO10. The van der Waals surface area contributed by atoms with Crippen LogP contribution in [0, 0.1) is 0 Å². The number of hydrogen-bond donors (Lipinski definition) is 6. The molecule has 1 saturated heterocycles. The molecule has 1 aliphatic heterocycles. The third kappa shape index (κ3) is 35.8. The quantitative estimate of drug-likeness (QED) is 0.0149. The van der Waals surface area contributed by atoms with Crippen molar-refractivity contribution in [3.8, 4) is 0 Å². The Morgan fingerprint density at radius 1 is 0.577 bits per heavy atom. The van der Waals surface area contributed by atoms with Crippen LogP contribution in [-0.2, 0) is 23.8 Å². The van der Waals surface area contributed by atoms with E-state index in [1.165, 1.54) is 57.8 Å². The fourth-order valence-corrected chi connectivity index (χ4v) is 7.60. The number of amides is 1. The Balaban J connectivity index is 2.83. The number of ether oxygens (including phenoxy) is 3. The third-order valence-corrected chi connectivity index (χ3v) is 12.0. The van der Waals surface area contributed by atoms with Crippen molar-refractivity contribution in [3.05, 3.63) is 122 Å². The molecule has 0 aromatic carbocycles. The van der Waals surface area contributed by atoms with E-state index in [1.54, 1.807) is 6.08 Å². The van der Waals surface area contributed by atoms with Gasteiger partial charge in [-0.2, -0.15) is 0 Å². The Morgan fingerprint density at radius 3 is 1.68 bits per heavy atom. The molecule has 1 fully saturated rings. The lowest BCUT2D eigenvalue weighted by molar-refractivity contribution is -0.305. The highest BCUT2D eigenvalue weighted by atomic mass is 16.7. The van der Waals surface area contributed by atoms with Gasteiger partial charge < -0.3 is 45.1 Å². The molecule has 1 amide bonds. The summed E-state index contributed by atoms with van der Waals surface area (Å²) in [6.07, 6.45) is 53.9. The Bertz CT molecular complexity index is 1610. The minimum Gasteiger partial charge on any atom is -0.454 e. The summed E-state index contributed by atoms with van der Waals surface area (Å²) in [6, 6.07) is -1.06. The fraction of sp³-hybridized carbons (Fsp3) is 0.633. The van der Waals surface area contributed by atoms with E-state index in [0.717, 1.165) is 70.6 Å². The Hall–Kier alpha value is -3.94. The molecule has 11 heteroatoms. The summed E-state index contributed by atoms with van der Waals surface area (Å²) < 4.78 is 17.5. The predicted molar refractivity (Wildman–Crippen MR) is 291 cm³/mol. The number of rotatable bonds is 43. The molecule has 0 aromatic rings. The van der Waals surface area contributed by atoms with E-state index in [0.29, 0.717) is 19.3 Å². The van der Waals surface area contributed by atoms with Crippen LogP contribution in [0.2, 0.25) is 0 Å². The van der Waals surface area contributed by atoms with Crippen LogP contribution in [0.4, 0.5) is 0 Å². The molecule has 1 aliphatic rings. The Kier molecular flexibility index (Phi) is 43.2. The van der Waals surface area contributed by atoms with E-state index >= 15 is 0 Å². The van der Waals surface area contributed by atoms with Crippen LogP contribution in [0.25, 0.3) is 0 Å². The summed E-state index contributed by atoms with van der Waals surface area (Å²) in [6.45, 7) is 5.51. The molecule has 8 atom stereocenters. The summed E-state index contributed by atoms with van der Waals surface area (Å²) in [7, 11) is 0. The molecule has 11 nitrogen and oxygen atoms in total. The van der Waals surface area contributed by atoms with E-state index in [9.17, 15) is 35.1 Å². The minimum atomic E-state index is -1.65. The van der Waals surface area contributed by atoms with E-state index in [1.807, 2.05) is 72.9 Å². The topological polar surface area (TPSA) is 175 Å². The fourth-order valence-electron chi connectivity index (χ4n) is 7.60. The maximum atomic E-state index is 13.3. The second-order valence-corrected chi connectivity index (χ2v) is 18.3. The van der Waals surface area contributed by atoms with Gasteiger partial charge in [-0.3, -0.25) is 9.59 Å². The third-order valence-electron chi connectivity index (χ3n) is 12.0. The first-order chi connectivity index (χ1) is 34.7. The number of nitrogens with one attached hydrogen (secondary N) is 1. The number of aliphatic hydroxyl groups excluding tert-OH is 5. The summed E-state index contributed by atoms with van der Waals surface area (Å²) in [5.74, 6) is -1.31. The van der Waals surface area contributed by atoms with Gasteiger partial charge in [0.25, 0.3) is 0 Å². The molecule has 6 N–H and O–H groups in total. The zero-order valence-electron chi connectivity index (χ0n) is 44.0.